The molecule has 0 aromatic heterocycles. The third-order valence-corrected chi connectivity index (χ3v) is 3.27. The molecular weight excluding hydrogens is 146 g/mol. The molecule has 1 heteroatoms. The maximum atomic E-state index is 7.46. The van der Waals surface area contributed by atoms with Crippen molar-refractivity contribution in [3.05, 3.63) is 0 Å². The van der Waals surface area contributed by atoms with Gasteiger partial charge in [-0.25, -0.2) is 0 Å². The fourth-order valence-corrected chi connectivity index (χ4v) is 2.03. The second kappa shape index (κ2) is 4.06. The van der Waals surface area contributed by atoms with E-state index in [1.807, 2.05) is 0 Å². The molecule has 1 nitrogen and oxygen atoms in total. The zero-order valence-corrected chi connectivity index (χ0v) is 8.56. The third-order valence-electron chi connectivity index (χ3n) is 3.27. The zero-order valence-electron chi connectivity index (χ0n) is 8.56. The van der Waals surface area contributed by atoms with Gasteiger partial charge in [-0.05, 0) is 24.7 Å². The molecule has 0 aromatic rings. The summed E-state index contributed by atoms with van der Waals surface area (Å²) in [7, 11) is 0. The van der Waals surface area contributed by atoms with E-state index in [9.17, 15) is 0 Å². The van der Waals surface area contributed by atoms with Crippen LogP contribution >= 0.6 is 0 Å². The van der Waals surface area contributed by atoms with E-state index in [0.29, 0.717) is 5.92 Å². The van der Waals surface area contributed by atoms with E-state index in [1.165, 1.54) is 19.3 Å². The Morgan fingerprint density at radius 1 is 1.42 bits per heavy atom. The molecule has 0 heterocycles. The van der Waals surface area contributed by atoms with Crippen LogP contribution in [0.4, 0.5) is 0 Å². The Bertz CT molecular complexity index is 158. The van der Waals surface area contributed by atoms with Crippen LogP contribution < -0.4 is 0 Å². The highest BCUT2D eigenvalue weighted by molar-refractivity contribution is 5.98. The number of rotatable bonds is 5. The average molecular weight is 167 g/mol. The van der Waals surface area contributed by atoms with E-state index < -0.39 is 0 Å². The third kappa shape index (κ3) is 2.33. The summed E-state index contributed by atoms with van der Waals surface area (Å²) < 4.78 is 0. The minimum Gasteiger partial charge on any atom is -0.309 e. The molecule has 2 unspecified atom stereocenters. The maximum Gasteiger partial charge on any atom is 0.0133 e. The Hall–Kier alpha value is -0.330. The summed E-state index contributed by atoms with van der Waals surface area (Å²) in [6.45, 7) is 6.86. The van der Waals surface area contributed by atoms with Crippen molar-refractivity contribution in [1.82, 2.24) is 0 Å². The first-order valence-corrected chi connectivity index (χ1v) is 5.26. The predicted octanol–water partition coefficient (Wildman–Crippen LogP) is 3.49. The van der Waals surface area contributed by atoms with Crippen LogP contribution in [0, 0.1) is 23.2 Å². The molecule has 1 N–H and O–H groups in total. The van der Waals surface area contributed by atoms with Crippen LogP contribution in [-0.4, -0.2) is 5.71 Å². The van der Waals surface area contributed by atoms with Gasteiger partial charge >= 0.3 is 0 Å². The van der Waals surface area contributed by atoms with E-state index in [2.05, 4.69) is 20.8 Å². The summed E-state index contributed by atoms with van der Waals surface area (Å²) in [6, 6.07) is 0. The Labute approximate surface area is 76.1 Å². The highest BCUT2D eigenvalue weighted by Crippen LogP contribution is 2.37. The van der Waals surface area contributed by atoms with E-state index in [1.54, 1.807) is 0 Å². The van der Waals surface area contributed by atoms with Crippen LogP contribution in [0.1, 0.15) is 46.5 Å². The molecular formula is C11H21N. The first-order valence-electron chi connectivity index (χ1n) is 5.26. The minimum absolute atomic E-state index is 0.658. The molecule has 0 spiro atoms. The quantitative estimate of drug-likeness (QED) is 0.648. The van der Waals surface area contributed by atoms with Gasteiger partial charge in [-0.2, -0.15) is 0 Å². The van der Waals surface area contributed by atoms with Crippen molar-refractivity contribution < 1.29 is 0 Å². The lowest BCUT2D eigenvalue weighted by molar-refractivity contribution is 0.353. The molecule has 70 valence electrons. The molecule has 1 aliphatic carbocycles. The molecule has 0 amide bonds. The first-order chi connectivity index (χ1) is 5.69. The van der Waals surface area contributed by atoms with Crippen molar-refractivity contribution in [2.24, 2.45) is 17.8 Å². The molecule has 12 heavy (non-hydrogen) atoms. The van der Waals surface area contributed by atoms with Gasteiger partial charge in [0.25, 0.3) is 0 Å². The van der Waals surface area contributed by atoms with Crippen molar-refractivity contribution in [2.45, 2.75) is 46.5 Å². The molecule has 1 saturated carbocycles. The smallest absolute Gasteiger partial charge is 0.0133 e. The lowest BCUT2D eigenvalue weighted by atomic mass is 9.89. The Kier molecular flexibility index (Phi) is 3.30. The normalized spacial score (nSPS) is 24.7. The molecule has 0 saturated heterocycles. The SMILES string of the molecule is CCC(CC)CC(C)C1CC1=N. The molecule has 2 atom stereocenters. The predicted molar refractivity (Wildman–Crippen MR) is 53.7 cm³/mol. The van der Waals surface area contributed by atoms with Crippen LogP contribution in [-0.2, 0) is 0 Å². The molecule has 1 fully saturated rings. The lowest BCUT2D eigenvalue weighted by Crippen LogP contribution is -2.07. The van der Waals surface area contributed by atoms with Gasteiger partial charge in [0.2, 0.25) is 0 Å². The van der Waals surface area contributed by atoms with E-state index in [0.717, 1.165) is 24.0 Å². The number of hydrogen-bond donors (Lipinski definition) is 1. The van der Waals surface area contributed by atoms with Crippen molar-refractivity contribution >= 4 is 5.71 Å². The van der Waals surface area contributed by atoms with Crippen molar-refractivity contribution in [2.75, 3.05) is 0 Å². The monoisotopic (exact) mass is 167 g/mol. The molecule has 1 aliphatic rings. The van der Waals surface area contributed by atoms with Crippen molar-refractivity contribution in [1.29, 1.82) is 5.41 Å². The van der Waals surface area contributed by atoms with Gasteiger partial charge in [0.05, 0.1) is 0 Å². The van der Waals surface area contributed by atoms with Gasteiger partial charge in [0.15, 0.2) is 0 Å². The topological polar surface area (TPSA) is 23.9 Å². The van der Waals surface area contributed by atoms with E-state index >= 15 is 0 Å². The molecule has 0 radical (unpaired) electrons. The molecule has 1 rings (SSSR count). The van der Waals surface area contributed by atoms with Gasteiger partial charge in [0, 0.05) is 11.6 Å². The van der Waals surface area contributed by atoms with Gasteiger partial charge < -0.3 is 5.41 Å². The highest BCUT2D eigenvalue weighted by Gasteiger charge is 2.35. The van der Waals surface area contributed by atoms with Gasteiger partial charge in [-0.15, -0.1) is 0 Å². The second-order valence-corrected chi connectivity index (χ2v) is 4.23. The van der Waals surface area contributed by atoms with Crippen molar-refractivity contribution in [3.63, 3.8) is 0 Å². The fraction of sp³-hybridized carbons (Fsp3) is 0.909. The van der Waals surface area contributed by atoms with E-state index in [-0.39, 0.29) is 0 Å². The molecule has 0 aliphatic heterocycles. The van der Waals surface area contributed by atoms with Gasteiger partial charge in [-0.1, -0.05) is 33.6 Å². The van der Waals surface area contributed by atoms with Crippen LogP contribution in [0.3, 0.4) is 0 Å². The standard InChI is InChI=1S/C11H21N/c1-4-9(5-2)6-8(3)10-7-11(10)12/h8-10,12H,4-7H2,1-3H3. The zero-order chi connectivity index (χ0) is 9.14. The first kappa shape index (κ1) is 9.76. The van der Waals surface area contributed by atoms with Crippen LogP contribution in [0.5, 0.6) is 0 Å². The highest BCUT2D eigenvalue weighted by atomic mass is 14.6. The van der Waals surface area contributed by atoms with Crippen LogP contribution in [0.25, 0.3) is 0 Å². The number of nitrogens with one attached hydrogen (secondary N) is 1. The molecule has 0 bridgehead atoms. The Morgan fingerprint density at radius 2 is 1.92 bits per heavy atom. The maximum absolute atomic E-state index is 7.46. The number of hydrogen-bond acceptors (Lipinski definition) is 1. The summed E-state index contributed by atoms with van der Waals surface area (Å²) in [5, 5.41) is 7.46. The average Bonchev–Trinajstić information content (AvgIpc) is 2.78. The minimum atomic E-state index is 0.658. The Balaban J connectivity index is 2.24. The summed E-state index contributed by atoms with van der Waals surface area (Å²) >= 11 is 0. The summed E-state index contributed by atoms with van der Waals surface area (Å²) in [5.41, 5.74) is 0.994. The summed E-state index contributed by atoms with van der Waals surface area (Å²) in [5.74, 6) is 2.32. The van der Waals surface area contributed by atoms with E-state index in [4.69, 9.17) is 5.41 Å². The second-order valence-electron chi connectivity index (χ2n) is 4.23. The summed E-state index contributed by atoms with van der Waals surface area (Å²) in [4.78, 5) is 0. The lowest BCUT2D eigenvalue weighted by Gasteiger charge is -2.16. The van der Waals surface area contributed by atoms with Gasteiger partial charge in [-0.3, -0.25) is 0 Å². The van der Waals surface area contributed by atoms with Crippen LogP contribution in [0.15, 0.2) is 0 Å². The largest absolute Gasteiger partial charge is 0.309 e. The summed E-state index contributed by atoms with van der Waals surface area (Å²) in [6.07, 6.45) is 5.03. The molecule has 0 aromatic carbocycles. The van der Waals surface area contributed by atoms with Gasteiger partial charge in [0.1, 0.15) is 0 Å². The Morgan fingerprint density at radius 3 is 2.25 bits per heavy atom. The fourth-order valence-electron chi connectivity index (χ4n) is 2.03. The van der Waals surface area contributed by atoms with Crippen molar-refractivity contribution in [3.8, 4) is 0 Å². The van der Waals surface area contributed by atoms with Crippen LogP contribution in [0.2, 0.25) is 0 Å².